The molecule has 0 spiro atoms. The molecular formula is C9H12F3N3OS. The summed E-state index contributed by atoms with van der Waals surface area (Å²) in [5, 5.41) is 3.35. The van der Waals surface area contributed by atoms with Gasteiger partial charge in [-0.25, -0.2) is 0 Å². The number of rotatable bonds is 1. The molecule has 17 heavy (non-hydrogen) atoms. The van der Waals surface area contributed by atoms with E-state index in [0.717, 1.165) is 12.2 Å². The van der Waals surface area contributed by atoms with Crippen LogP contribution >= 0.6 is 11.8 Å². The Labute approximate surface area is 100 Å². The molecule has 0 aromatic carbocycles. The molecule has 0 aliphatic carbocycles. The molecule has 1 aromatic heterocycles. The second kappa shape index (κ2) is 4.16. The standard InChI is InChI=1S/C9H12F3N3OS/c1-5-8(13,3-2-4-17-5)6-14-7(16-15-6)9(10,11)12/h5H,2-4,13H2,1H3. The molecule has 4 nitrogen and oxygen atoms in total. The van der Waals surface area contributed by atoms with Crippen LogP contribution in [0.4, 0.5) is 13.2 Å². The third-order valence-corrected chi connectivity index (χ3v) is 4.36. The molecule has 1 saturated heterocycles. The van der Waals surface area contributed by atoms with Gasteiger partial charge in [0.1, 0.15) is 0 Å². The van der Waals surface area contributed by atoms with E-state index < -0.39 is 17.6 Å². The molecule has 2 rings (SSSR count). The fourth-order valence-electron chi connectivity index (χ4n) is 1.80. The Bertz CT molecular complexity index is 408. The van der Waals surface area contributed by atoms with Gasteiger partial charge in [0.2, 0.25) is 0 Å². The zero-order valence-corrected chi connectivity index (χ0v) is 9.94. The quantitative estimate of drug-likeness (QED) is 0.844. The summed E-state index contributed by atoms with van der Waals surface area (Å²) in [6.45, 7) is 1.87. The van der Waals surface area contributed by atoms with E-state index in [1.807, 2.05) is 6.92 Å². The maximum Gasteiger partial charge on any atom is 0.471 e. The average Bonchev–Trinajstić information content (AvgIpc) is 2.71. The molecule has 0 saturated carbocycles. The molecule has 2 unspecified atom stereocenters. The topological polar surface area (TPSA) is 64.9 Å². The molecule has 0 amide bonds. The number of hydrogen-bond donors (Lipinski definition) is 1. The van der Waals surface area contributed by atoms with Crippen molar-refractivity contribution in [1.82, 2.24) is 10.1 Å². The van der Waals surface area contributed by atoms with Gasteiger partial charge in [0, 0.05) is 5.25 Å². The van der Waals surface area contributed by atoms with Crippen LogP contribution in [0.1, 0.15) is 31.5 Å². The molecule has 1 fully saturated rings. The Balaban J connectivity index is 2.30. The summed E-state index contributed by atoms with van der Waals surface area (Å²) < 4.78 is 41.3. The Hall–Kier alpha value is -0.760. The molecular weight excluding hydrogens is 255 g/mol. The van der Waals surface area contributed by atoms with Gasteiger partial charge in [0.05, 0.1) is 5.54 Å². The van der Waals surface area contributed by atoms with Crippen LogP contribution in [0.3, 0.4) is 0 Å². The molecule has 1 aliphatic heterocycles. The van der Waals surface area contributed by atoms with Crippen LogP contribution in [0.25, 0.3) is 0 Å². The number of hydrogen-bond acceptors (Lipinski definition) is 5. The molecule has 2 atom stereocenters. The number of nitrogens with two attached hydrogens (primary N) is 1. The summed E-state index contributed by atoms with van der Waals surface area (Å²) in [7, 11) is 0. The first-order valence-electron chi connectivity index (χ1n) is 5.16. The molecule has 0 radical (unpaired) electrons. The maximum atomic E-state index is 12.3. The fourth-order valence-corrected chi connectivity index (χ4v) is 2.98. The monoisotopic (exact) mass is 267 g/mol. The first-order chi connectivity index (χ1) is 7.84. The highest BCUT2D eigenvalue weighted by atomic mass is 32.2. The van der Waals surface area contributed by atoms with Gasteiger partial charge in [-0.2, -0.15) is 29.9 Å². The Morgan fingerprint density at radius 2 is 2.24 bits per heavy atom. The second-order valence-electron chi connectivity index (χ2n) is 4.08. The Kier molecular flexibility index (Phi) is 3.11. The molecule has 1 aromatic rings. The van der Waals surface area contributed by atoms with Gasteiger partial charge < -0.3 is 10.3 Å². The highest BCUT2D eigenvalue weighted by Gasteiger charge is 2.44. The van der Waals surface area contributed by atoms with Crippen molar-refractivity contribution in [2.24, 2.45) is 5.73 Å². The number of halogens is 3. The molecule has 96 valence electrons. The van der Waals surface area contributed by atoms with Gasteiger partial charge in [-0.15, -0.1) is 0 Å². The van der Waals surface area contributed by atoms with Crippen molar-refractivity contribution in [2.75, 3.05) is 5.75 Å². The van der Waals surface area contributed by atoms with E-state index in [1.54, 1.807) is 11.8 Å². The lowest BCUT2D eigenvalue weighted by Crippen LogP contribution is -2.48. The van der Waals surface area contributed by atoms with E-state index in [2.05, 4.69) is 14.7 Å². The summed E-state index contributed by atoms with van der Waals surface area (Å²) in [5.41, 5.74) is 5.17. The van der Waals surface area contributed by atoms with Crippen LogP contribution in [0.5, 0.6) is 0 Å². The highest BCUT2D eigenvalue weighted by Crippen LogP contribution is 2.39. The SMILES string of the molecule is CC1SCCCC1(N)c1noc(C(F)(F)F)n1. The van der Waals surface area contributed by atoms with Crippen LogP contribution in [-0.2, 0) is 11.7 Å². The normalized spacial score (nSPS) is 30.5. The van der Waals surface area contributed by atoms with E-state index in [1.165, 1.54) is 0 Å². The van der Waals surface area contributed by atoms with Gasteiger partial charge >= 0.3 is 12.1 Å². The zero-order chi connectivity index (χ0) is 12.7. The maximum absolute atomic E-state index is 12.3. The van der Waals surface area contributed by atoms with Crippen LogP contribution < -0.4 is 5.73 Å². The minimum absolute atomic E-state index is 0.0325. The minimum Gasteiger partial charge on any atom is -0.329 e. The van der Waals surface area contributed by atoms with Crippen molar-refractivity contribution in [2.45, 2.75) is 36.7 Å². The Morgan fingerprint density at radius 1 is 1.53 bits per heavy atom. The van der Waals surface area contributed by atoms with Gasteiger partial charge in [-0.05, 0) is 18.6 Å². The minimum atomic E-state index is -4.62. The summed E-state index contributed by atoms with van der Waals surface area (Å²) in [6, 6.07) is 0. The van der Waals surface area contributed by atoms with Crippen molar-refractivity contribution < 1.29 is 17.7 Å². The second-order valence-corrected chi connectivity index (χ2v) is 5.53. The molecule has 2 heterocycles. The fraction of sp³-hybridized carbons (Fsp3) is 0.778. The first kappa shape index (κ1) is 12.7. The Morgan fingerprint density at radius 3 is 2.76 bits per heavy atom. The van der Waals surface area contributed by atoms with Gasteiger partial charge in [0.25, 0.3) is 0 Å². The van der Waals surface area contributed by atoms with Crippen molar-refractivity contribution in [1.29, 1.82) is 0 Å². The first-order valence-corrected chi connectivity index (χ1v) is 6.21. The lowest BCUT2D eigenvalue weighted by Gasteiger charge is -2.35. The molecule has 0 bridgehead atoms. The number of thioether (sulfide) groups is 1. The smallest absolute Gasteiger partial charge is 0.329 e. The van der Waals surface area contributed by atoms with Crippen molar-refractivity contribution >= 4 is 11.8 Å². The van der Waals surface area contributed by atoms with E-state index in [0.29, 0.717) is 6.42 Å². The van der Waals surface area contributed by atoms with Gasteiger partial charge in [0.15, 0.2) is 5.82 Å². The molecule has 8 heteroatoms. The summed E-state index contributed by atoms with van der Waals surface area (Å²) in [4.78, 5) is 3.39. The highest BCUT2D eigenvalue weighted by molar-refractivity contribution is 8.00. The van der Waals surface area contributed by atoms with E-state index >= 15 is 0 Å². The number of alkyl halides is 3. The van der Waals surface area contributed by atoms with Crippen LogP contribution in [0, 0.1) is 0 Å². The summed E-state index contributed by atoms with van der Waals surface area (Å²) in [5.74, 6) is -0.436. The third kappa shape index (κ3) is 2.28. The lowest BCUT2D eigenvalue weighted by molar-refractivity contribution is -0.159. The van der Waals surface area contributed by atoms with E-state index in [-0.39, 0.29) is 11.1 Å². The average molecular weight is 267 g/mol. The third-order valence-electron chi connectivity index (χ3n) is 2.91. The van der Waals surface area contributed by atoms with E-state index in [4.69, 9.17) is 5.73 Å². The summed E-state index contributed by atoms with van der Waals surface area (Å²) in [6.07, 6.45) is -3.22. The lowest BCUT2D eigenvalue weighted by atomic mass is 9.90. The number of nitrogens with zero attached hydrogens (tertiary/aromatic N) is 2. The van der Waals surface area contributed by atoms with Crippen LogP contribution in [0.15, 0.2) is 4.52 Å². The predicted octanol–water partition coefficient (Wildman–Crippen LogP) is 2.16. The van der Waals surface area contributed by atoms with Crippen LogP contribution in [0.2, 0.25) is 0 Å². The van der Waals surface area contributed by atoms with Crippen molar-refractivity contribution in [3.63, 3.8) is 0 Å². The van der Waals surface area contributed by atoms with Gasteiger partial charge in [-0.1, -0.05) is 12.1 Å². The predicted molar refractivity (Wildman–Crippen MR) is 56.3 cm³/mol. The largest absolute Gasteiger partial charge is 0.471 e. The van der Waals surface area contributed by atoms with Gasteiger partial charge in [-0.3, -0.25) is 0 Å². The van der Waals surface area contributed by atoms with Crippen molar-refractivity contribution in [3.8, 4) is 0 Å². The summed E-state index contributed by atoms with van der Waals surface area (Å²) >= 11 is 1.61. The number of aromatic nitrogens is 2. The molecule has 1 aliphatic rings. The van der Waals surface area contributed by atoms with E-state index in [9.17, 15) is 13.2 Å². The van der Waals surface area contributed by atoms with Crippen LogP contribution in [-0.4, -0.2) is 21.1 Å². The zero-order valence-electron chi connectivity index (χ0n) is 9.12. The van der Waals surface area contributed by atoms with Crippen molar-refractivity contribution in [3.05, 3.63) is 11.7 Å². The molecule has 2 N–H and O–H groups in total.